The SMILES string of the molecule is COc1ccccc1CNC(=S)Nc1ccccc1I. The molecule has 0 bridgehead atoms. The molecule has 0 aliphatic carbocycles. The van der Waals surface area contributed by atoms with Crippen molar-refractivity contribution in [3.8, 4) is 5.75 Å². The molecule has 3 nitrogen and oxygen atoms in total. The quantitative estimate of drug-likeness (QED) is 0.607. The van der Waals surface area contributed by atoms with Gasteiger partial charge < -0.3 is 15.4 Å². The molecule has 0 saturated heterocycles. The standard InChI is InChI=1S/C15H15IN2OS/c1-19-14-9-5-2-6-11(14)10-17-15(20)18-13-8-4-3-7-12(13)16/h2-9H,10H2,1H3,(H2,17,18,20). The van der Waals surface area contributed by atoms with Crippen molar-refractivity contribution < 1.29 is 4.74 Å². The van der Waals surface area contributed by atoms with Crippen LogP contribution in [0.5, 0.6) is 5.75 Å². The minimum absolute atomic E-state index is 0.597. The molecule has 0 amide bonds. The third-order valence-corrected chi connectivity index (χ3v) is 3.94. The zero-order valence-corrected chi connectivity index (χ0v) is 14.0. The van der Waals surface area contributed by atoms with Crippen LogP contribution < -0.4 is 15.4 Å². The van der Waals surface area contributed by atoms with Gasteiger partial charge in [0.05, 0.1) is 12.8 Å². The van der Waals surface area contributed by atoms with Crippen LogP contribution in [0.4, 0.5) is 5.69 Å². The molecule has 0 aliphatic rings. The Kier molecular flexibility index (Phi) is 5.60. The van der Waals surface area contributed by atoms with Gasteiger partial charge in [0.25, 0.3) is 0 Å². The van der Waals surface area contributed by atoms with Crippen molar-refractivity contribution in [2.75, 3.05) is 12.4 Å². The molecule has 0 atom stereocenters. The number of hydrogen-bond acceptors (Lipinski definition) is 2. The van der Waals surface area contributed by atoms with E-state index in [4.69, 9.17) is 17.0 Å². The number of methoxy groups -OCH3 is 1. The molecular weight excluding hydrogens is 383 g/mol. The predicted molar refractivity (Wildman–Crippen MR) is 95.2 cm³/mol. The van der Waals surface area contributed by atoms with Gasteiger partial charge in [-0.3, -0.25) is 0 Å². The van der Waals surface area contributed by atoms with Gasteiger partial charge in [0.2, 0.25) is 0 Å². The number of rotatable bonds is 4. The van der Waals surface area contributed by atoms with Crippen molar-refractivity contribution >= 4 is 45.6 Å². The third kappa shape index (κ3) is 4.08. The fourth-order valence-corrected chi connectivity index (χ4v) is 2.46. The van der Waals surface area contributed by atoms with Crippen LogP contribution >= 0.6 is 34.8 Å². The average molecular weight is 398 g/mol. The number of nitrogens with one attached hydrogen (secondary N) is 2. The van der Waals surface area contributed by atoms with Crippen LogP contribution in [-0.4, -0.2) is 12.2 Å². The molecule has 0 fully saturated rings. The van der Waals surface area contributed by atoms with Crippen LogP contribution in [0.3, 0.4) is 0 Å². The Hall–Kier alpha value is -1.34. The van der Waals surface area contributed by atoms with Crippen LogP contribution in [0.1, 0.15) is 5.56 Å². The number of ether oxygens (including phenoxy) is 1. The minimum atomic E-state index is 0.597. The lowest BCUT2D eigenvalue weighted by atomic mass is 10.2. The smallest absolute Gasteiger partial charge is 0.171 e. The molecule has 0 aromatic heterocycles. The summed E-state index contributed by atoms with van der Waals surface area (Å²) in [6, 6.07) is 15.9. The number of halogens is 1. The first-order valence-corrected chi connectivity index (χ1v) is 7.60. The van der Waals surface area contributed by atoms with E-state index >= 15 is 0 Å². The van der Waals surface area contributed by atoms with Crippen molar-refractivity contribution in [3.63, 3.8) is 0 Å². The summed E-state index contributed by atoms with van der Waals surface area (Å²) in [5.41, 5.74) is 2.08. The van der Waals surface area contributed by atoms with Crippen molar-refractivity contribution in [1.29, 1.82) is 0 Å². The fraction of sp³-hybridized carbons (Fsp3) is 0.133. The Labute approximate surface area is 137 Å². The number of para-hydroxylation sites is 2. The molecule has 2 N–H and O–H groups in total. The molecule has 104 valence electrons. The minimum Gasteiger partial charge on any atom is -0.496 e. The summed E-state index contributed by atoms with van der Waals surface area (Å²) in [6.45, 7) is 0.624. The molecular formula is C15H15IN2OS. The van der Waals surface area contributed by atoms with Crippen molar-refractivity contribution in [2.45, 2.75) is 6.54 Å². The highest BCUT2D eigenvalue weighted by Gasteiger charge is 2.04. The maximum absolute atomic E-state index is 5.31. The van der Waals surface area contributed by atoms with Gasteiger partial charge in [0, 0.05) is 15.7 Å². The van der Waals surface area contributed by atoms with Crippen LogP contribution in [0.15, 0.2) is 48.5 Å². The van der Waals surface area contributed by atoms with Crippen LogP contribution in [0, 0.1) is 3.57 Å². The second-order valence-electron chi connectivity index (χ2n) is 4.10. The van der Waals surface area contributed by atoms with E-state index < -0.39 is 0 Å². The lowest BCUT2D eigenvalue weighted by Crippen LogP contribution is -2.28. The second kappa shape index (κ2) is 7.44. The fourth-order valence-electron chi connectivity index (χ4n) is 1.75. The van der Waals surface area contributed by atoms with E-state index in [9.17, 15) is 0 Å². The number of anilines is 1. The molecule has 0 spiro atoms. The Morgan fingerprint density at radius 3 is 2.60 bits per heavy atom. The van der Waals surface area contributed by atoms with Gasteiger partial charge in [-0.15, -0.1) is 0 Å². The van der Waals surface area contributed by atoms with E-state index in [1.807, 2.05) is 48.5 Å². The molecule has 0 radical (unpaired) electrons. The molecule has 0 heterocycles. The second-order valence-corrected chi connectivity index (χ2v) is 5.67. The highest BCUT2D eigenvalue weighted by Crippen LogP contribution is 2.18. The first-order valence-electron chi connectivity index (χ1n) is 6.12. The van der Waals surface area contributed by atoms with E-state index in [0.29, 0.717) is 11.7 Å². The summed E-state index contributed by atoms with van der Waals surface area (Å²) in [6.07, 6.45) is 0. The third-order valence-electron chi connectivity index (χ3n) is 2.75. The Morgan fingerprint density at radius 2 is 1.85 bits per heavy atom. The maximum atomic E-state index is 5.31. The van der Waals surface area contributed by atoms with Crippen molar-refractivity contribution in [2.24, 2.45) is 0 Å². The highest BCUT2D eigenvalue weighted by molar-refractivity contribution is 14.1. The van der Waals surface area contributed by atoms with Gasteiger partial charge in [-0.05, 0) is 53.0 Å². The van der Waals surface area contributed by atoms with E-state index in [1.165, 1.54) is 0 Å². The maximum Gasteiger partial charge on any atom is 0.171 e. The first kappa shape index (κ1) is 15.1. The molecule has 2 aromatic carbocycles. The lowest BCUT2D eigenvalue weighted by molar-refractivity contribution is 0.409. The zero-order chi connectivity index (χ0) is 14.4. The monoisotopic (exact) mass is 398 g/mol. The Balaban J connectivity index is 1.94. The molecule has 2 rings (SSSR count). The summed E-state index contributed by atoms with van der Waals surface area (Å²) < 4.78 is 6.44. The van der Waals surface area contributed by atoms with Crippen molar-refractivity contribution in [3.05, 3.63) is 57.7 Å². The molecule has 2 aromatic rings. The summed E-state index contributed by atoms with van der Waals surface area (Å²) >= 11 is 7.58. The summed E-state index contributed by atoms with van der Waals surface area (Å²) in [4.78, 5) is 0. The summed E-state index contributed by atoms with van der Waals surface area (Å²) in [5, 5.41) is 6.97. The number of benzene rings is 2. The lowest BCUT2D eigenvalue weighted by Gasteiger charge is -2.13. The summed E-state index contributed by atoms with van der Waals surface area (Å²) in [7, 11) is 1.67. The van der Waals surface area contributed by atoms with E-state index in [1.54, 1.807) is 7.11 Å². The highest BCUT2D eigenvalue weighted by atomic mass is 127. The van der Waals surface area contributed by atoms with Gasteiger partial charge >= 0.3 is 0 Å². The Bertz CT molecular complexity index is 604. The number of thiocarbonyl (C=S) groups is 1. The average Bonchev–Trinajstić information content (AvgIpc) is 2.48. The topological polar surface area (TPSA) is 33.3 Å². The molecule has 0 aliphatic heterocycles. The van der Waals surface area contributed by atoms with E-state index in [0.717, 1.165) is 20.6 Å². The van der Waals surface area contributed by atoms with Gasteiger partial charge in [-0.25, -0.2) is 0 Å². The Morgan fingerprint density at radius 1 is 1.15 bits per heavy atom. The zero-order valence-electron chi connectivity index (χ0n) is 11.0. The summed E-state index contributed by atoms with van der Waals surface area (Å²) in [5.74, 6) is 0.858. The molecule has 0 saturated carbocycles. The largest absolute Gasteiger partial charge is 0.496 e. The van der Waals surface area contributed by atoms with E-state index in [-0.39, 0.29) is 0 Å². The van der Waals surface area contributed by atoms with Gasteiger partial charge in [0.15, 0.2) is 5.11 Å². The van der Waals surface area contributed by atoms with Gasteiger partial charge in [-0.1, -0.05) is 30.3 Å². The normalized spacial score (nSPS) is 9.90. The molecule has 5 heteroatoms. The van der Waals surface area contributed by atoms with Gasteiger partial charge in [-0.2, -0.15) is 0 Å². The van der Waals surface area contributed by atoms with Crippen LogP contribution in [0.2, 0.25) is 0 Å². The first-order chi connectivity index (χ1) is 9.70. The number of hydrogen-bond donors (Lipinski definition) is 2. The molecule has 0 unspecified atom stereocenters. The van der Waals surface area contributed by atoms with Crippen LogP contribution in [0.25, 0.3) is 0 Å². The van der Waals surface area contributed by atoms with E-state index in [2.05, 4.69) is 33.2 Å². The van der Waals surface area contributed by atoms with Crippen molar-refractivity contribution in [1.82, 2.24) is 5.32 Å². The predicted octanol–water partition coefficient (Wildman–Crippen LogP) is 3.79. The van der Waals surface area contributed by atoms with Crippen LogP contribution in [-0.2, 0) is 6.54 Å². The molecule has 20 heavy (non-hydrogen) atoms. The van der Waals surface area contributed by atoms with Gasteiger partial charge in [0.1, 0.15) is 5.75 Å².